The number of halogens is 1. The number of hydrogen-bond donors (Lipinski definition) is 0. The second kappa shape index (κ2) is 6.05. The van der Waals surface area contributed by atoms with Crippen LogP contribution in [0.3, 0.4) is 0 Å². The van der Waals surface area contributed by atoms with E-state index in [0.717, 1.165) is 18.6 Å². The quantitative estimate of drug-likeness (QED) is 0.671. The van der Waals surface area contributed by atoms with Gasteiger partial charge >= 0.3 is 0 Å². The summed E-state index contributed by atoms with van der Waals surface area (Å²) < 4.78 is 5.50. The molecule has 0 aliphatic heterocycles. The molecule has 0 saturated carbocycles. The number of alkyl halides is 1. The first-order chi connectivity index (χ1) is 6.70. The van der Waals surface area contributed by atoms with E-state index in [2.05, 4.69) is 13.8 Å². The predicted molar refractivity (Wildman–Crippen MR) is 60.4 cm³/mol. The SMILES string of the molecule is CC(C)CCOC(Cl)c1ccccc1. The zero-order chi connectivity index (χ0) is 10.4. The number of hydrogen-bond acceptors (Lipinski definition) is 1. The molecule has 0 aromatic heterocycles. The van der Waals surface area contributed by atoms with Crippen LogP contribution in [0, 0.1) is 5.92 Å². The molecular weight excluding hydrogens is 196 g/mol. The first-order valence-electron chi connectivity index (χ1n) is 5.00. The van der Waals surface area contributed by atoms with Gasteiger partial charge < -0.3 is 4.74 Å². The molecule has 0 aliphatic rings. The number of ether oxygens (including phenoxy) is 1. The van der Waals surface area contributed by atoms with Crippen molar-refractivity contribution in [2.24, 2.45) is 5.92 Å². The Hall–Kier alpha value is -0.530. The molecule has 0 amide bonds. The summed E-state index contributed by atoms with van der Waals surface area (Å²) in [6, 6.07) is 9.87. The monoisotopic (exact) mass is 212 g/mol. The Labute approximate surface area is 91.0 Å². The molecule has 0 heterocycles. The lowest BCUT2D eigenvalue weighted by atomic mass is 10.1. The van der Waals surface area contributed by atoms with E-state index in [1.807, 2.05) is 30.3 Å². The lowest BCUT2D eigenvalue weighted by molar-refractivity contribution is 0.0985. The van der Waals surface area contributed by atoms with Crippen molar-refractivity contribution in [2.75, 3.05) is 6.61 Å². The summed E-state index contributed by atoms with van der Waals surface area (Å²) in [6.45, 7) is 5.07. The van der Waals surface area contributed by atoms with Crippen molar-refractivity contribution < 1.29 is 4.74 Å². The van der Waals surface area contributed by atoms with Gasteiger partial charge in [0.2, 0.25) is 0 Å². The van der Waals surface area contributed by atoms with Crippen molar-refractivity contribution in [2.45, 2.75) is 25.8 Å². The van der Waals surface area contributed by atoms with Crippen LogP contribution in [0.1, 0.15) is 31.4 Å². The van der Waals surface area contributed by atoms with Crippen LogP contribution in [0.5, 0.6) is 0 Å². The van der Waals surface area contributed by atoms with Crippen molar-refractivity contribution in [1.29, 1.82) is 0 Å². The predicted octanol–water partition coefficient (Wildman–Crippen LogP) is 3.99. The summed E-state index contributed by atoms with van der Waals surface area (Å²) in [5, 5.41) is 0. The molecule has 78 valence electrons. The van der Waals surface area contributed by atoms with Gasteiger partial charge in [0.05, 0.1) is 0 Å². The third-order valence-corrected chi connectivity index (χ3v) is 2.40. The third kappa shape index (κ3) is 4.12. The van der Waals surface area contributed by atoms with E-state index in [9.17, 15) is 0 Å². The van der Waals surface area contributed by atoms with Crippen molar-refractivity contribution >= 4 is 11.6 Å². The second-order valence-electron chi connectivity index (χ2n) is 3.78. The molecule has 14 heavy (non-hydrogen) atoms. The summed E-state index contributed by atoms with van der Waals surface area (Å²) in [5.74, 6) is 0.662. The van der Waals surface area contributed by atoms with E-state index in [0.29, 0.717) is 5.92 Å². The standard InChI is InChI=1S/C12H17ClO/c1-10(2)8-9-14-12(13)11-6-4-3-5-7-11/h3-7,10,12H,8-9H2,1-2H3. The van der Waals surface area contributed by atoms with Gasteiger partial charge in [0, 0.05) is 6.61 Å². The molecule has 1 atom stereocenters. The van der Waals surface area contributed by atoms with E-state index in [1.54, 1.807) is 0 Å². The summed E-state index contributed by atoms with van der Waals surface area (Å²) >= 11 is 6.07. The van der Waals surface area contributed by atoms with Gasteiger partial charge in [-0.1, -0.05) is 55.8 Å². The maximum Gasteiger partial charge on any atom is 0.156 e. The van der Waals surface area contributed by atoms with E-state index < -0.39 is 0 Å². The Morgan fingerprint density at radius 1 is 1.21 bits per heavy atom. The summed E-state index contributed by atoms with van der Waals surface area (Å²) in [4.78, 5) is 0. The average molecular weight is 213 g/mol. The second-order valence-corrected chi connectivity index (χ2v) is 4.18. The Bertz CT molecular complexity index is 246. The highest BCUT2D eigenvalue weighted by atomic mass is 35.5. The normalized spacial score (nSPS) is 13.1. The van der Waals surface area contributed by atoms with Crippen LogP contribution < -0.4 is 0 Å². The van der Waals surface area contributed by atoms with E-state index in [-0.39, 0.29) is 5.56 Å². The van der Waals surface area contributed by atoms with Crippen LogP contribution >= 0.6 is 11.6 Å². The fraction of sp³-hybridized carbons (Fsp3) is 0.500. The van der Waals surface area contributed by atoms with Gasteiger partial charge in [-0.25, -0.2) is 0 Å². The fourth-order valence-electron chi connectivity index (χ4n) is 1.11. The zero-order valence-corrected chi connectivity index (χ0v) is 9.50. The first-order valence-corrected chi connectivity index (χ1v) is 5.44. The van der Waals surface area contributed by atoms with Gasteiger partial charge in [-0.15, -0.1) is 0 Å². The van der Waals surface area contributed by atoms with Crippen LogP contribution in [0.4, 0.5) is 0 Å². The molecule has 0 bridgehead atoms. The molecule has 1 rings (SSSR count). The summed E-state index contributed by atoms with van der Waals surface area (Å²) in [6.07, 6.45) is 1.05. The lowest BCUT2D eigenvalue weighted by Crippen LogP contribution is -2.02. The highest BCUT2D eigenvalue weighted by Gasteiger charge is 2.06. The molecule has 0 fully saturated rings. The maximum atomic E-state index is 6.07. The van der Waals surface area contributed by atoms with Crippen LogP contribution in [0.15, 0.2) is 30.3 Å². The van der Waals surface area contributed by atoms with Crippen molar-refractivity contribution in [1.82, 2.24) is 0 Å². The molecule has 0 N–H and O–H groups in total. The van der Waals surface area contributed by atoms with Crippen molar-refractivity contribution in [3.05, 3.63) is 35.9 Å². The van der Waals surface area contributed by atoms with Crippen LogP contribution in [0.25, 0.3) is 0 Å². The highest BCUT2D eigenvalue weighted by molar-refractivity contribution is 6.19. The number of rotatable bonds is 5. The van der Waals surface area contributed by atoms with Gasteiger partial charge in [0.15, 0.2) is 5.56 Å². The summed E-state index contributed by atoms with van der Waals surface area (Å²) in [5.41, 5.74) is 0.716. The Morgan fingerprint density at radius 2 is 1.86 bits per heavy atom. The average Bonchev–Trinajstić information content (AvgIpc) is 2.18. The minimum atomic E-state index is -0.310. The smallest absolute Gasteiger partial charge is 0.156 e. The molecule has 1 nitrogen and oxygen atoms in total. The minimum Gasteiger partial charge on any atom is -0.358 e. The van der Waals surface area contributed by atoms with Gasteiger partial charge in [-0.2, -0.15) is 0 Å². The van der Waals surface area contributed by atoms with Crippen LogP contribution in [0.2, 0.25) is 0 Å². The van der Waals surface area contributed by atoms with E-state index >= 15 is 0 Å². The molecule has 0 radical (unpaired) electrons. The fourth-order valence-corrected chi connectivity index (χ4v) is 1.34. The molecule has 2 heteroatoms. The Morgan fingerprint density at radius 3 is 2.43 bits per heavy atom. The molecule has 1 aromatic carbocycles. The molecule has 0 spiro atoms. The highest BCUT2D eigenvalue weighted by Crippen LogP contribution is 2.21. The largest absolute Gasteiger partial charge is 0.358 e. The molecule has 0 saturated heterocycles. The van der Waals surface area contributed by atoms with Crippen molar-refractivity contribution in [3.63, 3.8) is 0 Å². The van der Waals surface area contributed by atoms with E-state index in [1.165, 1.54) is 0 Å². The third-order valence-electron chi connectivity index (χ3n) is 2.02. The Kier molecular flexibility index (Phi) is 4.99. The molecule has 1 unspecified atom stereocenters. The van der Waals surface area contributed by atoms with E-state index in [4.69, 9.17) is 16.3 Å². The minimum absolute atomic E-state index is 0.310. The van der Waals surface area contributed by atoms with Crippen LogP contribution in [-0.4, -0.2) is 6.61 Å². The van der Waals surface area contributed by atoms with Crippen LogP contribution in [-0.2, 0) is 4.74 Å². The maximum absolute atomic E-state index is 6.07. The van der Waals surface area contributed by atoms with Crippen molar-refractivity contribution in [3.8, 4) is 0 Å². The van der Waals surface area contributed by atoms with Gasteiger partial charge in [0.25, 0.3) is 0 Å². The topological polar surface area (TPSA) is 9.23 Å². The number of benzene rings is 1. The molecular formula is C12H17ClO. The summed E-state index contributed by atoms with van der Waals surface area (Å²) in [7, 11) is 0. The Balaban J connectivity index is 2.32. The lowest BCUT2D eigenvalue weighted by Gasteiger charge is -2.12. The molecule has 1 aromatic rings. The molecule has 0 aliphatic carbocycles. The van der Waals surface area contributed by atoms with Gasteiger partial charge in [-0.3, -0.25) is 0 Å². The first kappa shape index (κ1) is 11.5. The van der Waals surface area contributed by atoms with Gasteiger partial charge in [-0.05, 0) is 17.9 Å². The van der Waals surface area contributed by atoms with Gasteiger partial charge in [0.1, 0.15) is 0 Å². The zero-order valence-electron chi connectivity index (χ0n) is 8.74.